The minimum atomic E-state index is -1.27. The van der Waals surface area contributed by atoms with E-state index in [0.29, 0.717) is 17.3 Å². The minimum Gasteiger partial charge on any atom is -0.480 e. The number of carbonyl (C=O) groups is 3. The van der Waals surface area contributed by atoms with E-state index >= 15 is 0 Å². The maximum atomic E-state index is 12.6. The Balaban J connectivity index is 1.33. The summed E-state index contributed by atoms with van der Waals surface area (Å²) in [6, 6.07) is 15.3. The second kappa shape index (κ2) is 9.05. The van der Waals surface area contributed by atoms with E-state index in [4.69, 9.17) is 0 Å². The zero-order valence-corrected chi connectivity index (χ0v) is 18.7. The third-order valence-corrected chi connectivity index (χ3v) is 6.39. The zero-order valence-electron chi connectivity index (χ0n) is 18.7. The second-order valence-corrected chi connectivity index (χ2v) is 9.16. The van der Waals surface area contributed by atoms with Crippen molar-refractivity contribution in [3.8, 4) is 0 Å². The highest BCUT2D eigenvalue weighted by Gasteiger charge is 2.33. The van der Waals surface area contributed by atoms with Crippen LogP contribution in [0.3, 0.4) is 0 Å². The average molecular weight is 449 g/mol. The molecule has 2 amide bonds. The topological polar surface area (TPSA) is 124 Å². The maximum absolute atomic E-state index is 12.6. The maximum Gasteiger partial charge on any atom is 0.328 e. The molecular weight excluding hydrogens is 420 g/mol. The van der Waals surface area contributed by atoms with Crippen molar-refractivity contribution in [3.05, 3.63) is 59.8 Å². The molecule has 2 aromatic carbocycles. The quantitative estimate of drug-likeness (QED) is 0.453. The first kappa shape index (κ1) is 22.5. The molecule has 0 atom stereocenters. The van der Waals surface area contributed by atoms with E-state index in [2.05, 4.69) is 20.8 Å². The van der Waals surface area contributed by atoms with Gasteiger partial charge in [0, 0.05) is 17.0 Å². The summed E-state index contributed by atoms with van der Waals surface area (Å²) < 4.78 is 0. The van der Waals surface area contributed by atoms with Crippen LogP contribution in [0.4, 0.5) is 5.69 Å². The number of hydrogen-bond acceptors (Lipinski definition) is 4. The summed E-state index contributed by atoms with van der Waals surface area (Å²) in [5, 5.41) is 22.5. The Kier molecular flexibility index (Phi) is 6.18. The highest BCUT2D eigenvalue weighted by Crippen LogP contribution is 2.36. The van der Waals surface area contributed by atoms with Gasteiger partial charge in [-0.05, 0) is 69.2 Å². The van der Waals surface area contributed by atoms with E-state index in [1.165, 1.54) is 19.4 Å². The number of para-hydroxylation sites is 1. The number of fused-ring (bicyclic) bond motifs is 1. The molecule has 4 rings (SSSR count). The molecule has 33 heavy (non-hydrogen) atoms. The SMILES string of the molecule is CC(C)(NC(=O)[C@H]1CC[C@H](c2ccc(NC(=O)c3n[nH]c4ccccc34)cc2)CC1)C(=O)O. The van der Waals surface area contributed by atoms with Gasteiger partial charge in [-0.1, -0.05) is 30.3 Å². The molecule has 0 spiro atoms. The molecule has 1 aliphatic rings. The van der Waals surface area contributed by atoms with Crippen molar-refractivity contribution in [1.82, 2.24) is 15.5 Å². The largest absolute Gasteiger partial charge is 0.480 e. The van der Waals surface area contributed by atoms with Gasteiger partial charge in [0.15, 0.2) is 5.69 Å². The molecule has 0 radical (unpaired) electrons. The third kappa shape index (κ3) is 4.89. The van der Waals surface area contributed by atoms with E-state index in [9.17, 15) is 19.5 Å². The van der Waals surface area contributed by atoms with Crippen LogP contribution in [-0.2, 0) is 9.59 Å². The molecule has 0 bridgehead atoms. The number of benzene rings is 2. The van der Waals surface area contributed by atoms with Gasteiger partial charge in [0.2, 0.25) is 5.91 Å². The fourth-order valence-corrected chi connectivity index (χ4v) is 4.32. The molecule has 3 aromatic rings. The number of aromatic nitrogens is 2. The molecule has 0 saturated heterocycles. The number of aliphatic carboxylic acids is 1. The molecule has 0 unspecified atom stereocenters. The normalized spacial score (nSPS) is 18.6. The van der Waals surface area contributed by atoms with Gasteiger partial charge in [-0.3, -0.25) is 14.7 Å². The molecule has 8 heteroatoms. The molecule has 4 N–H and O–H groups in total. The number of aromatic amines is 1. The fraction of sp³-hybridized carbons (Fsp3) is 0.360. The van der Waals surface area contributed by atoms with E-state index in [1.54, 1.807) is 0 Å². The van der Waals surface area contributed by atoms with Crippen LogP contribution in [0.15, 0.2) is 48.5 Å². The number of hydrogen-bond donors (Lipinski definition) is 4. The van der Waals surface area contributed by atoms with Crippen LogP contribution in [0.25, 0.3) is 10.9 Å². The lowest BCUT2D eigenvalue weighted by atomic mass is 9.78. The number of amides is 2. The van der Waals surface area contributed by atoms with Crippen LogP contribution >= 0.6 is 0 Å². The van der Waals surface area contributed by atoms with E-state index in [-0.39, 0.29) is 17.7 Å². The van der Waals surface area contributed by atoms with Gasteiger partial charge in [0.1, 0.15) is 5.54 Å². The predicted molar refractivity (Wildman–Crippen MR) is 125 cm³/mol. The number of nitrogens with zero attached hydrogens (tertiary/aromatic N) is 1. The first-order valence-corrected chi connectivity index (χ1v) is 11.1. The van der Waals surface area contributed by atoms with E-state index < -0.39 is 11.5 Å². The number of anilines is 1. The van der Waals surface area contributed by atoms with Gasteiger partial charge in [-0.2, -0.15) is 5.10 Å². The molecule has 1 aliphatic carbocycles. The summed E-state index contributed by atoms with van der Waals surface area (Å²) >= 11 is 0. The van der Waals surface area contributed by atoms with Crippen LogP contribution in [0, 0.1) is 5.92 Å². The second-order valence-electron chi connectivity index (χ2n) is 9.16. The Hall–Kier alpha value is -3.68. The minimum absolute atomic E-state index is 0.165. The third-order valence-electron chi connectivity index (χ3n) is 6.39. The number of nitrogens with one attached hydrogen (secondary N) is 3. The molecule has 8 nitrogen and oxygen atoms in total. The summed E-state index contributed by atoms with van der Waals surface area (Å²) in [5.74, 6) is -1.33. The summed E-state index contributed by atoms with van der Waals surface area (Å²) in [4.78, 5) is 36.4. The molecule has 172 valence electrons. The number of H-pyrrole nitrogens is 1. The van der Waals surface area contributed by atoms with Crippen molar-refractivity contribution in [2.24, 2.45) is 5.92 Å². The van der Waals surface area contributed by atoms with Gasteiger partial charge in [-0.25, -0.2) is 4.79 Å². The fourth-order valence-electron chi connectivity index (χ4n) is 4.32. The van der Waals surface area contributed by atoms with Gasteiger partial charge in [0.05, 0.1) is 5.52 Å². The molecule has 1 saturated carbocycles. The summed E-state index contributed by atoms with van der Waals surface area (Å²) in [7, 11) is 0. The first-order chi connectivity index (χ1) is 15.7. The van der Waals surface area contributed by atoms with Gasteiger partial charge < -0.3 is 15.7 Å². The lowest BCUT2D eigenvalue weighted by molar-refractivity contribution is -0.146. The number of carboxylic acid groups (broad SMARTS) is 1. The number of rotatable bonds is 6. The van der Waals surface area contributed by atoms with Crippen LogP contribution in [0.2, 0.25) is 0 Å². The Bertz CT molecular complexity index is 1170. The molecule has 1 heterocycles. The molecule has 1 fully saturated rings. The Labute approximate surface area is 191 Å². The molecule has 0 aliphatic heterocycles. The smallest absolute Gasteiger partial charge is 0.328 e. The summed E-state index contributed by atoms with van der Waals surface area (Å²) in [6.07, 6.45) is 3.15. The number of carbonyl (C=O) groups excluding carboxylic acids is 2. The van der Waals surface area contributed by atoms with Crippen molar-refractivity contribution >= 4 is 34.4 Å². The van der Waals surface area contributed by atoms with Crippen molar-refractivity contribution in [2.75, 3.05) is 5.32 Å². The van der Waals surface area contributed by atoms with Gasteiger partial charge in [0.25, 0.3) is 5.91 Å². The lowest BCUT2D eigenvalue weighted by Crippen LogP contribution is -2.51. The highest BCUT2D eigenvalue weighted by molar-refractivity contribution is 6.11. The highest BCUT2D eigenvalue weighted by atomic mass is 16.4. The first-order valence-electron chi connectivity index (χ1n) is 11.1. The van der Waals surface area contributed by atoms with Gasteiger partial charge in [-0.15, -0.1) is 0 Å². The Morgan fingerprint density at radius 3 is 2.33 bits per heavy atom. The summed E-state index contributed by atoms with van der Waals surface area (Å²) in [6.45, 7) is 2.99. The van der Waals surface area contributed by atoms with Crippen molar-refractivity contribution in [2.45, 2.75) is 51.0 Å². The van der Waals surface area contributed by atoms with Crippen molar-refractivity contribution in [1.29, 1.82) is 0 Å². The predicted octanol–water partition coefficient (Wildman–Crippen LogP) is 4.07. The average Bonchev–Trinajstić information content (AvgIpc) is 3.24. The number of carboxylic acids is 1. The summed E-state index contributed by atoms with van der Waals surface area (Å²) in [5.41, 5.74) is 1.77. The van der Waals surface area contributed by atoms with E-state index in [1.807, 2.05) is 48.5 Å². The Morgan fingerprint density at radius 1 is 1.00 bits per heavy atom. The van der Waals surface area contributed by atoms with Crippen LogP contribution < -0.4 is 10.6 Å². The Morgan fingerprint density at radius 2 is 1.67 bits per heavy atom. The van der Waals surface area contributed by atoms with Crippen molar-refractivity contribution < 1.29 is 19.5 Å². The monoisotopic (exact) mass is 448 g/mol. The van der Waals surface area contributed by atoms with Crippen LogP contribution in [0.5, 0.6) is 0 Å². The van der Waals surface area contributed by atoms with Crippen molar-refractivity contribution in [3.63, 3.8) is 0 Å². The van der Waals surface area contributed by atoms with Crippen LogP contribution in [0.1, 0.15) is 61.5 Å². The molecule has 1 aromatic heterocycles. The lowest BCUT2D eigenvalue weighted by Gasteiger charge is -2.30. The van der Waals surface area contributed by atoms with Crippen LogP contribution in [-0.4, -0.2) is 38.6 Å². The zero-order chi connectivity index (χ0) is 23.6. The molecular formula is C25H28N4O4. The standard InChI is InChI=1S/C25H28N4O4/c1-25(2,24(32)33)27-22(30)17-9-7-15(8-10-17)16-11-13-18(14-12-16)26-23(31)21-19-5-3-4-6-20(19)28-29-21/h3-6,11-15,17H,7-10H2,1-2H3,(H,26,31)(H,27,30)(H,28,29)(H,32,33)/t15-,17-. The van der Waals surface area contributed by atoms with Gasteiger partial charge >= 0.3 is 5.97 Å². The van der Waals surface area contributed by atoms with E-state index in [0.717, 1.165) is 36.6 Å².